The zero-order valence-electron chi connectivity index (χ0n) is 11.2. The third-order valence-corrected chi connectivity index (χ3v) is 3.43. The zero-order chi connectivity index (χ0) is 13.4. The molecule has 0 aliphatic rings. The number of ether oxygens (including phenoxy) is 1. The standard InChI is InChI=1S/C14H21NO2S/c1-11(8-9-18-3)15-10-12-4-6-13(7-5-12)14(16)17-2/h4-7,11,15H,8-10H2,1-3H3. The molecule has 3 nitrogen and oxygen atoms in total. The molecule has 1 atom stereocenters. The smallest absolute Gasteiger partial charge is 0.337 e. The predicted molar refractivity (Wildman–Crippen MR) is 77.1 cm³/mol. The second-order valence-corrected chi connectivity index (χ2v) is 5.24. The third kappa shape index (κ3) is 5.10. The van der Waals surface area contributed by atoms with Crippen LogP contribution in [0.4, 0.5) is 0 Å². The van der Waals surface area contributed by atoms with Crippen LogP contribution < -0.4 is 5.32 Å². The minimum atomic E-state index is -0.289. The summed E-state index contributed by atoms with van der Waals surface area (Å²) in [5.74, 6) is 0.887. The van der Waals surface area contributed by atoms with Crippen LogP contribution in [0.1, 0.15) is 29.3 Å². The molecule has 0 aliphatic heterocycles. The number of nitrogens with one attached hydrogen (secondary N) is 1. The Morgan fingerprint density at radius 1 is 1.39 bits per heavy atom. The normalized spacial score (nSPS) is 12.2. The van der Waals surface area contributed by atoms with E-state index >= 15 is 0 Å². The van der Waals surface area contributed by atoms with Crippen LogP contribution in [0.5, 0.6) is 0 Å². The van der Waals surface area contributed by atoms with E-state index in [2.05, 4.69) is 23.2 Å². The fourth-order valence-electron chi connectivity index (χ4n) is 1.57. The van der Waals surface area contributed by atoms with Gasteiger partial charge in [0.15, 0.2) is 0 Å². The lowest BCUT2D eigenvalue weighted by atomic mass is 10.1. The second-order valence-electron chi connectivity index (χ2n) is 4.25. The van der Waals surface area contributed by atoms with Crippen molar-refractivity contribution in [3.05, 3.63) is 35.4 Å². The Hall–Kier alpha value is -1.00. The molecule has 0 radical (unpaired) electrons. The van der Waals surface area contributed by atoms with Crippen LogP contribution in [0.25, 0.3) is 0 Å². The van der Waals surface area contributed by atoms with Gasteiger partial charge in [-0.1, -0.05) is 12.1 Å². The highest BCUT2D eigenvalue weighted by Crippen LogP contribution is 2.07. The number of esters is 1. The van der Waals surface area contributed by atoms with Crippen molar-refractivity contribution < 1.29 is 9.53 Å². The highest BCUT2D eigenvalue weighted by molar-refractivity contribution is 7.98. The van der Waals surface area contributed by atoms with Crippen LogP contribution >= 0.6 is 11.8 Å². The number of carbonyl (C=O) groups is 1. The summed E-state index contributed by atoms with van der Waals surface area (Å²) >= 11 is 1.87. The van der Waals surface area contributed by atoms with E-state index in [1.165, 1.54) is 24.8 Å². The van der Waals surface area contributed by atoms with Crippen molar-refractivity contribution in [2.45, 2.75) is 25.9 Å². The molecule has 100 valence electrons. The molecule has 0 heterocycles. The van der Waals surface area contributed by atoms with E-state index in [1.807, 2.05) is 23.9 Å². The van der Waals surface area contributed by atoms with Gasteiger partial charge in [-0.15, -0.1) is 0 Å². The number of hydrogen-bond donors (Lipinski definition) is 1. The fourth-order valence-corrected chi connectivity index (χ4v) is 2.15. The maximum atomic E-state index is 11.3. The molecule has 1 aromatic rings. The summed E-state index contributed by atoms with van der Waals surface area (Å²) in [5, 5.41) is 3.47. The molecule has 1 N–H and O–H groups in total. The zero-order valence-corrected chi connectivity index (χ0v) is 12.0. The first-order chi connectivity index (χ1) is 8.67. The lowest BCUT2D eigenvalue weighted by Crippen LogP contribution is -2.25. The summed E-state index contributed by atoms with van der Waals surface area (Å²) in [6, 6.07) is 8.03. The van der Waals surface area contributed by atoms with Crippen LogP contribution in [-0.2, 0) is 11.3 Å². The quantitative estimate of drug-likeness (QED) is 0.771. The van der Waals surface area contributed by atoms with Gasteiger partial charge in [0.25, 0.3) is 0 Å². The highest BCUT2D eigenvalue weighted by atomic mass is 32.2. The maximum absolute atomic E-state index is 11.3. The van der Waals surface area contributed by atoms with Crippen molar-refractivity contribution in [1.29, 1.82) is 0 Å². The Bertz CT molecular complexity index is 365. The summed E-state index contributed by atoms with van der Waals surface area (Å²) in [4.78, 5) is 11.3. The first-order valence-corrected chi connectivity index (χ1v) is 7.46. The average Bonchev–Trinajstić information content (AvgIpc) is 2.42. The number of hydrogen-bond acceptors (Lipinski definition) is 4. The topological polar surface area (TPSA) is 38.3 Å². The number of rotatable bonds is 7. The summed E-state index contributed by atoms with van der Waals surface area (Å²) in [5.41, 5.74) is 1.77. The molecule has 0 spiro atoms. The lowest BCUT2D eigenvalue weighted by molar-refractivity contribution is 0.0600. The Labute approximate surface area is 113 Å². The Balaban J connectivity index is 2.41. The molecule has 0 saturated carbocycles. The molecular formula is C14H21NO2S. The summed E-state index contributed by atoms with van der Waals surface area (Å²) in [7, 11) is 1.39. The van der Waals surface area contributed by atoms with Gasteiger partial charge in [-0.3, -0.25) is 0 Å². The van der Waals surface area contributed by atoms with Gasteiger partial charge >= 0.3 is 5.97 Å². The molecule has 0 amide bonds. The van der Waals surface area contributed by atoms with Crippen molar-refractivity contribution in [2.24, 2.45) is 0 Å². The van der Waals surface area contributed by atoms with E-state index in [0.717, 1.165) is 6.54 Å². The first kappa shape index (κ1) is 15.1. The van der Waals surface area contributed by atoms with Crippen LogP contribution in [0, 0.1) is 0 Å². The van der Waals surface area contributed by atoms with Crippen molar-refractivity contribution >= 4 is 17.7 Å². The van der Waals surface area contributed by atoms with E-state index in [9.17, 15) is 4.79 Å². The molecule has 1 rings (SSSR count). The van der Waals surface area contributed by atoms with E-state index in [4.69, 9.17) is 0 Å². The van der Waals surface area contributed by atoms with Crippen LogP contribution in [0.3, 0.4) is 0 Å². The van der Waals surface area contributed by atoms with Crippen molar-refractivity contribution in [2.75, 3.05) is 19.1 Å². The van der Waals surface area contributed by atoms with Gasteiger partial charge in [0.05, 0.1) is 12.7 Å². The van der Waals surface area contributed by atoms with Gasteiger partial charge in [-0.25, -0.2) is 4.79 Å². The number of thioether (sulfide) groups is 1. The number of carbonyl (C=O) groups excluding carboxylic acids is 1. The van der Waals surface area contributed by atoms with Crippen molar-refractivity contribution in [3.63, 3.8) is 0 Å². The molecule has 18 heavy (non-hydrogen) atoms. The molecule has 0 aliphatic carbocycles. The molecule has 0 saturated heterocycles. The first-order valence-electron chi connectivity index (χ1n) is 6.07. The van der Waals surface area contributed by atoms with E-state index < -0.39 is 0 Å². The second kappa shape index (κ2) is 8.16. The minimum absolute atomic E-state index is 0.289. The average molecular weight is 267 g/mol. The molecule has 0 fully saturated rings. The molecule has 0 bridgehead atoms. The SMILES string of the molecule is COC(=O)c1ccc(CNC(C)CCSC)cc1. The van der Waals surface area contributed by atoms with E-state index in [1.54, 1.807) is 12.1 Å². The molecule has 1 unspecified atom stereocenters. The van der Waals surface area contributed by atoms with Crippen molar-refractivity contribution in [3.8, 4) is 0 Å². The fraction of sp³-hybridized carbons (Fsp3) is 0.500. The van der Waals surface area contributed by atoms with Crippen molar-refractivity contribution in [1.82, 2.24) is 5.32 Å². The maximum Gasteiger partial charge on any atom is 0.337 e. The number of benzene rings is 1. The Kier molecular flexibility index (Phi) is 6.83. The largest absolute Gasteiger partial charge is 0.465 e. The summed E-state index contributed by atoms with van der Waals surface area (Å²) in [6.07, 6.45) is 3.29. The third-order valence-electron chi connectivity index (χ3n) is 2.78. The van der Waals surface area contributed by atoms with Gasteiger partial charge in [0, 0.05) is 12.6 Å². The summed E-state index contributed by atoms with van der Waals surface area (Å²) < 4.78 is 4.66. The minimum Gasteiger partial charge on any atom is -0.465 e. The van der Waals surface area contributed by atoms with E-state index in [-0.39, 0.29) is 5.97 Å². The van der Waals surface area contributed by atoms with Gasteiger partial charge < -0.3 is 10.1 Å². The van der Waals surface area contributed by atoms with Crippen LogP contribution in [-0.4, -0.2) is 31.1 Å². The number of methoxy groups -OCH3 is 1. The Morgan fingerprint density at radius 3 is 2.61 bits per heavy atom. The molecule has 0 aromatic heterocycles. The Morgan fingerprint density at radius 2 is 2.06 bits per heavy atom. The molecule has 1 aromatic carbocycles. The van der Waals surface area contributed by atoms with Gasteiger partial charge in [-0.05, 0) is 43.0 Å². The van der Waals surface area contributed by atoms with Gasteiger partial charge in [0.1, 0.15) is 0 Å². The monoisotopic (exact) mass is 267 g/mol. The highest BCUT2D eigenvalue weighted by Gasteiger charge is 2.05. The summed E-state index contributed by atoms with van der Waals surface area (Å²) in [6.45, 7) is 3.02. The lowest BCUT2D eigenvalue weighted by Gasteiger charge is -2.13. The van der Waals surface area contributed by atoms with E-state index in [0.29, 0.717) is 11.6 Å². The van der Waals surface area contributed by atoms with Crippen LogP contribution in [0.15, 0.2) is 24.3 Å². The van der Waals surface area contributed by atoms with Crippen LogP contribution in [0.2, 0.25) is 0 Å². The molecular weight excluding hydrogens is 246 g/mol. The predicted octanol–water partition coefficient (Wildman–Crippen LogP) is 2.70. The van der Waals surface area contributed by atoms with Gasteiger partial charge in [-0.2, -0.15) is 11.8 Å². The van der Waals surface area contributed by atoms with Gasteiger partial charge in [0.2, 0.25) is 0 Å². The molecule has 4 heteroatoms.